The van der Waals surface area contributed by atoms with Crippen molar-refractivity contribution in [1.29, 1.82) is 0 Å². The number of rotatable bonds is 7. The van der Waals surface area contributed by atoms with Gasteiger partial charge >= 0.3 is 13.2 Å². The third kappa shape index (κ3) is 5.47. The lowest BCUT2D eigenvalue weighted by molar-refractivity contribution is -0.128. The Morgan fingerprint density at radius 1 is 1.11 bits per heavy atom. The maximum Gasteiger partial charge on any atom is 0.494 e. The third-order valence-corrected chi connectivity index (χ3v) is 8.60. The highest BCUT2D eigenvalue weighted by molar-refractivity contribution is 14.2. The lowest BCUT2D eigenvalue weighted by atomic mass is 9.78. The molecule has 2 amide bonds. The number of carbonyl (C=O) groups excluding carboxylic acids is 2. The molecule has 0 bridgehead atoms. The fraction of sp³-hybridized carbons (Fsp3) is 0.417. The monoisotopic (exact) mass is 612 g/mol. The Labute approximate surface area is 221 Å². The summed E-state index contributed by atoms with van der Waals surface area (Å²) in [5.41, 5.74) is 1.57. The van der Waals surface area contributed by atoms with E-state index in [9.17, 15) is 14.0 Å². The number of imide groups is 1. The second-order valence-electron chi connectivity index (χ2n) is 9.51. The van der Waals surface area contributed by atoms with Crippen molar-refractivity contribution in [2.45, 2.75) is 51.4 Å². The zero-order valence-corrected chi connectivity index (χ0v) is 23.0. The van der Waals surface area contributed by atoms with Crippen molar-refractivity contribution >= 4 is 60.6 Å². The van der Waals surface area contributed by atoms with E-state index in [1.165, 1.54) is 21.3 Å². The number of halogens is 2. The van der Waals surface area contributed by atoms with Crippen molar-refractivity contribution in [3.63, 3.8) is 0 Å². The van der Waals surface area contributed by atoms with E-state index < -0.39 is 30.5 Å². The first-order chi connectivity index (χ1) is 16.5. The fourth-order valence-corrected chi connectivity index (χ4v) is 5.94. The van der Waals surface area contributed by atoms with Crippen LogP contribution in [0.4, 0.5) is 14.9 Å². The van der Waals surface area contributed by atoms with Crippen LogP contribution in [-0.2, 0) is 18.8 Å². The first-order valence-corrected chi connectivity index (χ1v) is 14.6. The number of anilines is 1. The predicted molar refractivity (Wildman–Crippen MR) is 143 cm³/mol. The summed E-state index contributed by atoms with van der Waals surface area (Å²) in [7, 11) is 0.891. The minimum absolute atomic E-state index is 0.0400. The summed E-state index contributed by atoms with van der Waals surface area (Å²) < 4.78 is 32.8. The number of cyclic esters (lactones) is 1. The Hall–Kier alpha value is -1.83. The molecule has 186 valence electrons. The van der Waals surface area contributed by atoms with Gasteiger partial charge in [0.2, 0.25) is 5.91 Å². The van der Waals surface area contributed by atoms with Gasteiger partial charge in [0.1, 0.15) is 12.4 Å². The number of ether oxygens (including phenoxy) is 1. The molecular formula is C24H27BFIN2O5S. The Morgan fingerprint density at radius 3 is 2.23 bits per heavy atom. The van der Waals surface area contributed by atoms with Crippen LogP contribution in [0.1, 0.15) is 45.7 Å². The van der Waals surface area contributed by atoms with Gasteiger partial charge in [0, 0.05) is 36.0 Å². The summed E-state index contributed by atoms with van der Waals surface area (Å²) in [4.78, 5) is 26.2. The average Bonchev–Trinajstić information content (AvgIpc) is 3.34. The molecule has 0 aliphatic carbocycles. The van der Waals surface area contributed by atoms with Crippen LogP contribution in [0.25, 0.3) is 0 Å². The van der Waals surface area contributed by atoms with Crippen molar-refractivity contribution in [3.8, 4) is 0 Å². The van der Waals surface area contributed by atoms with Gasteiger partial charge in [-0.3, -0.25) is 9.10 Å². The van der Waals surface area contributed by atoms with E-state index in [2.05, 4.69) is 21.2 Å². The molecule has 0 radical (unpaired) electrons. The van der Waals surface area contributed by atoms with Gasteiger partial charge in [0.25, 0.3) is 0 Å². The molecule has 4 rings (SSSR count). The first kappa shape index (κ1) is 26.2. The quantitative estimate of drug-likeness (QED) is 0.247. The maximum atomic E-state index is 13.6. The van der Waals surface area contributed by atoms with Crippen molar-refractivity contribution in [3.05, 3.63) is 59.9 Å². The molecule has 2 heterocycles. The summed E-state index contributed by atoms with van der Waals surface area (Å²) in [5, 5.41) is 0. The highest BCUT2D eigenvalue weighted by Crippen LogP contribution is 2.40. The molecule has 35 heavy (non-hydrogen) atoms. The molecular weight excluding hydrogens is 585 g/mol. The fourth-order valence-electron chi connectivity index (χ4n) is 3.94. The zero-order chi connectivity index (χ0) is 25.4. The Morgan fingerprint density at radius 2 is 1.71 bits per heavy atom. The van der Waals surface area contributed by atoms with E-state index in [1.54, 1.807) is 12.1 Å². The average molecular weight is 612 g/mol. The topological polar surface area (TPSA) is 68.3 Å². The molecule has 0 spiro atoms. The summed E-state index contributed by atoms with van der Waals surface area (Å²) in [5.74, 6) is -0.670. The van der Waals surface area contributed by atoms with Crippen LogP contribution in [0.5, 0.6) is 0 Å². The van der Waals surface area contributed by atoms with E-state index in [-0.39, 0.29) is 31.3 Å². The van der Waals surface area contributed by atoms with Crippen LogP contribution in [0, 0.1) is 5.82 Å². The first-order valence-electron chi connectivity index (χ1n) is 11.3. The van der Waals surface area contributed by atoms with Crippen LogP contribution in [0.2, 0.25) is 0 Å². The van der Waals surface area contributed by atoms with Gasteiger partial charge in [-0.15, -0.1) is 0 Å². The van der Waals surface area contributed by atoms with Crippen LogP contribution in [0.3, 0.4) is 0 Å². The lowest BCUT2D eigenvalue weighted by Gasteiger charge is -2.32. The number of benzene rings is 2. The second kappa shape index (κ2) is 10.3. The highest BCUT2D eigenvalue weighted by Gasteiger charge is 2.51. The van der Waals surface area contributed by atoms with Crippen LogP contribution in [0.15, 0.2) is 48.5 Å². The van der Waals surface area contributed by atoms with Gasteiger partial charge in [-0.2, -0.15) is 0 Å². The molecule has 2 aliphatic heterocycles. The largest absolute Gasteiger partial charge is 0.494 e. The standard InChI is InChI=1S/C24H27BFIN2O5S/c1-23(2)24(3,4)34-25(33-23)17-7-5-16(6-8-17)20(15-21(30)28-13-14-32-22(28)31)29(35-27)19-11-9-18(26)10-12-19/h5-12,20H,13-15H2,1-4H3/t20-/m0/s1. The Balaban J connectivity index is 1.63. The normalized spacial score (nSPS) is 19.5. The Bertz CT molecular complexity index is 1070. The van der Waals surface area contributed by atoms with Gasteiger partial charge in [-0.25, -0.2) is 14.1 Å². The van der Waals surface area contributed by atoms with Gasteiger partial charge in [0.15, 0.2) is 0 Å². The highest BCUT2D eigenvalue weighted by atomic mass is 127. The van der Waals surface area contributed by atoms with Crippen LogP contribution >= 0.6 is 30.3 Å². The zero-order valence-electron chi connectivity index (χ0n) is 20.0. The van der Waals surface area contributed by atoms with Crippen molar-refractivity contribution in [2.75, 3.05) is 17.5 Å². The molecule has 0 N–H and O–H groups in total. The molecule has 2 aromatic carbocycles. The van der Waals surface area contributed by atoms with Gasteiger partial charge in [-0.1, -0.05) is 24.3 Å². The van der Waals surface area contributed by atoms with Crippen LogP contribution < -0.4 is 9.77 Å². The summed E-state index contributed by atoms with van der Waals surface area (Å²) >= 11 is 2.14. The molecule has 2 saturated heterocycles. The summed E-state index contributed by atoms with van der Waals surface area (Å²) in [6.45, 7) is 8.45. The molecule has 1 atom stereocenters. The van der Waals surface area contributed by atoms with E-state index in [0.717, 1.165) is 21.6 Å². The number of carbonyl (C=O) groups is 2. The molecule has 11 heteroatoms. The van der Waals surface area contributed by atoms with E-state index in [4.69, 9.17) is 14.0 Å². The van der Waals surface area contributed by atoms with Gasteiger partial charge in [-0.05, 0) is 63.0 Å². The van der Waals surface area contributed by atoms with E-state index in [0.29, 0.717) is 0 Å². The number of hydrogen-bond acceptors (Lipinski definition) is 7. The van der Waals surface area contributed by atoms with Crippen molar-refractivity contribution in [1.82, 2.24) is 4.90 Å². The van der Waals surface area contributed by atoms with Crippen molar-refractivity contribution in [2.24, 2.45) is 0 Å². The minimum atomic E-state index is -0.625. The molecule has 0 saturated carbocycles. The molecule has 2 aliphatic rings. The molecule has 2 aromatic rings. The summed E-state index contributed by atoms with van der Waals surface area (Å²) in [6.07, 6.45) is -0.585. The molecule has 0 aromatic heterocycles. The predicted octanol–water partition coefficient (Wildman–Crippen LogP) is 5.04. The van der Waals surface area contributed by atoms with Crippen LogP contribution in [-0.4, -0.2) is 48.4 Å². The van der Waals surface area contributed by atoms with E-state index >= 15 is 0 Å². The summed E-state index contributed by atoms with van der Waals surface area (Å²) in [6, 6.07) is 13.4. The van der Waals surface area contributed by atoms with Crippen molar-refractivity contribution < 1.29 is 28.0 Å². The number of hydrogen-bond donors (Lipinski definition) is 0. The Kier molecular flexibility index (Phi) is 7.70. The van der Waals surface area contributed by atoms with Gasteiger partial charge < -0.3 is 14.0 Å². The smallest absolute Gasteiger partial charge is 0.447 e. The van der Waals surface area contributed by atoms with E-state index in [1.807, 2.05) is 56.3 Å². The maximum absolute atomic E-state index is 13.6. The molecule has 0 unspecified atom stereocenters. The molecule has 7 nitrogen and oxygen atoms in total. The number of nitrogens with zero attached hydrogens (tertiary/aromatic N) is 2. The SMILES string of the molecule is CC1(C)OB(c2ccc([C@H](CC(=O)N3CCOC3=O)N(SI)c3ccc(F)cc3)cc2)OC1(C)C. The lowest BCUT2D eigenvalue weighted by Crippen LogP contribution is -2.41. The number of amides is 2. The third-order valence-electron chi connectivity index (χ3n) is 6.72. The van der Waals surface area contributed by atoms with Gasteiger partial charge in [0.05, 0.1) is 30.2 Å². The minimum Gasteiger partial charge on any atom is -0.447 e. The molecule has 2 fully saturated rings. The second-order valence-corrected chi connectivity index (χ2v) is 11.2.